The number of fused-ring (bicyclic) bond motifs is 12. The monoisotopic (exact) mass is 831 g/mol. The van der Waals surface area contributed by atoms with Gasteiger partial charge < -0.3 is 9.47 Å². The van der Waals surface area contributed by atoms with Crippen molar-refractivity contribution in [2.24, 2.45) is 0 Å². The van der Waals surface area contributed by atoms with Crippen LogP contribution in [0.2, 0.25) is 0 Å². The van der Waals surface area contributed by atoms with Gasteiger partial charge in [-0.25, -0.2) is 0 Å². The first kappa shape index (κ1) is 39.5. The molecule has 1 aliphatic rings. The molecule has 5 nitrogen and oxygen atoms in total. The Bertz CT molecular complexity index is 3110. The van der Waals surface area contributed by atoms with Gasteiger partial charge in [-0.05, 0) is 116 Å². The van der Waals surface area contributed by atoms with E-state index in [9.17, 15) is 0 Å². The Morgan fingerprint density at radius 2 is 0.812 bits per heavy atom. The van der Waals surface area contributed by atoms with Crippen molar-refractivity contribution in [3.8, 4) is 11.5 Å². The quantitative estimate of drug-likeness (QED) is 0.175. The van der Waals surface area contributed by atoms with Crippen LogP contribution in [0.15, 0.2) is 200 Å². The highest BCUT2D eigenvalue weighted by molar-refractivity contribution is 5.90. The van der Waals surface area contributed by atoms with Crippen molar-refractivity contribution in [1.82, 2.24) is 15.6 Å². The maximum Gasteiger partial charge on any atom is 0.130 e. The molecule has 5 heteroatoms. The third-order valence-corrected chi connectivity index (χ3v) is 13.0. The fourth-order valence-electron chi connectivity index (χ4n) is 9.65. The van der Waals surface area contributed by atoms with Crippen LogP contribution in [-0.4, -0.2) is 4.98 Å². The molecular formula is C59H49N3O2. The highest BCUT2D eigenvalue weighted by Crippen LogP contribution is 2.42. The summed E-state index contributed by atoms with van der Waals surface area (Å²) in [5.41, 5.74) is 8.55. The molecular weight excluding hydrogens is 783 g/mol. The Morgan fingerprint density at radius 3 is 1.30 bits per heavy atom. The lowest BCUT2D eigenvalue weighted by Crippen LogP contribution is -2.28. The van der Waals surface area contributed by atoms with E-state index in [4.69, 9.17) is 14.5 Å². The van der Waals surface area contributed by atoms with E-state index in [0.717, 1.165) is 66.7 Å². The van der Waals surface area contributed by atoms with Crippen molar-refractivity contribution >= 4 is 43.1 Å². The minimum atomic E-state index is -0.267. The second kappa shape index (κ2) is 17.1. The van der Waals surface area contributed by atoms with Crippen molar-refractivity contribution < 1.29 is 9.47 Å². The van der Waals surface area contributed by atoms with Crippen LogP contribution in [0, 0.1) is 0 Å². The molecule has 9 aromatic carbocycles. The number of hydrogen-bond donors (Lipinski definition) is 2. The second-order valence-electron chi connectivity index (χ2n) is 17.1. The SMILES string of the molecule is C[C@H](NC1c2cccc(c2)[C@H](N[C@@H](C)c2ccc3ccccc3c2)c2c(ccc3ccccc23)OCc2cccc(n2)COc2ccc3ccccc3c21)c1ccc2ccccc2c1. The van der Waals surface area contributed by atoms with Crippen LogP contribution in [0.5, 0.6) is 11.5 Å². The van der Waals surface area contributed by atoms with Crippen molar-refractivity contribution in [3.63, 3.8) is 0 Å². The van der Waals surface area contributed by atoms with Gasteiger partial charge in [0.25, 0.3) is 0 Å². The first-order valence-corrected chi connectivity index (χ1v) is 22.4. The molecule has 0 spiro atoms. The molecule has 0 amide bonds. The average molecular weight is 832 g/mol. The molecule has 0 radical (unpaired) electrons. The van der Waals surface area contributed by atoms with Crippen molar-refractivity contribution in [1.29, 1.82) is 0 Å². The largest absolute Gasteiger partial charge is 0.487 e. The van der Waals surface area contributed by atoms with E-state index in [1.165, 1.54) is 32.7 Å². The molecule has 0 saturated heterocycles. The summed E-state index contributed by atoms with van der Waals surface area (Å²) in [7, 11) is 0. The number of rotatable bonds is 6. The van der Waals surface area contributed by atoms with E-state index >= 15 is 0 Å². The van der Waals surface area contributed by atoms with Crippen LogP contribution in [0.3, 0.4) is 0 Å². The summed E-state index contributed by atoms with van der Waals surface area (Å²) in [5.74, 6) is 1.64. The molecule has 0 saturated carbocycles. The number of hydrogen-bond acceptors (Lipinski definition) is 5. The Kier molecular flexibility index (Phi) is 10.6. The first-order chi connectivity index (χ1) is 31.5. The van der Waals surface area contributed by atoms with Gasteiger partial charge >= 0.3 is 0 Å². The van der Waals surface area contributed by atoms with E-state index in [0.29, 0.717) is 13.2 Å². The van der Waals surface area contributed by atoms with Crippen LogP contribution in [0.4, 0.5) is 0 Å². The van der Waals surface area contributed by atoms with E-state index in [-0.39, 0.29) is 24.2 Å². The van der Waals surface area contributed by atoms with Gasteiger partial charge in [-0.15, -0.1) is 0 Å². The summed E-state index contributed by atoms with van der Waals surface area (Å²) in [6.07, 6.45) is 0. The van der Waals surface area contributed by atoms with Crippen molar-refractivity contribution in [2.45, 2.75) is 51.2 Å². The minimum absolute atomic E-state index is 0.0195. The van der Waals surface area contributed by atoms with Crippen LogP contribution < -0.4 is 20.1 Å². The van der Waals surface area contributed by atoms with Crippen LogP contribution in [-0.2, 0) is 13.2 Å². The lowest BCUT2D eigenvalue weighted by Gasteiger charge is -2.31. The predicted molar refractivity (Wildman–Crippen MR) is 262 cm³/mol. The zero-order chi connectivity index (χ0) is 43.0. The normalized spacial score (nSPS) is 16.1. The highest BCUT2D eigenvalue weighted by atomic mass is 16.5. The summed E-state index contributed by atoms with van der Waals surface area (Å²) < 4.78 is 13.8. The third-order valence-electron chi connectivity index (χ3n) is 13.0. The number of nitrogens with zero attached hydrogens (tertiary/aromatic N) is 1. The predicted octanol–water partition coefficient (Wildman–Crippen LogP) is 14.0. The van der Waals surface area contributed by atoms with E-state index in [2.05, 4.69) is 206 Å². The maximum atomic E-state index is 6.88. The van der Waals surface area contributed by atoms with Gasteiger partial charge in [0.05, 0.1) is 23.5 Å². The summed E-state index contributed by atoms with van der Waals surface area (Å²) >= 11 is 0. The van der Waals surface area contributed by atoms with Gasteiger partial charge in [-0.2, -0.15) is 0 Å². The topological polar surface area (TPSA) is 55.4 Å². The summed E-state index contributed by atoms with van der Waals surface area (Å²) in [6, 6.07) is 71.3. The fourth-order valence-corrected chi connectivity index (χ4v) is 9.65. The summed E-state index contributed by atoms with van der Waals surface area (Å²) in [4.78, 5) is 5.08. The van der Waals surface area contributed by atoms with Crippen molar-refractivity contribution in [3.05, 3.63) is 245 Å². The number of benzene rings is 9. The molecule has 4 atom stereocenters. The first-order valence-electron chi connectivity index (χ1n) is 22.4. The van der Waals surface area contributed by atoms with Gasteiger partial charge in [0, 0.05) is 23.2 Å². The second-order valence-corrected chi connectivity index (χ2v) is 17.1. The van der Waals surface area contributed by atoms with Crippen LogP contribution in [0.25, 0.3) is 43.1 Å². The maximum absolute atomic E-state index is 6.88. The zero-order valence-corrected chi connectivity index (χ0v) is 36.0. The van der Waals surface area contributed by atoms with Crippen LogP contribution in [0.1, 0.15) is 82.8 Å². The third kappa shape index (κ3) is 7.74. The number of pyridine rings is 1. The molecule has 1 unspecified atom stereocenters. The van der Waals surface area contributed by atoms with E-state index < -0.39 is 0 Å². The molecule has 312 valence electrons. The fraction of sp³-hybridized carbons (Fsp3) is 0.136. The van der Waals surface area contributed by atoms with Crippen molar-refractivity contribution in [2.75, 3.05) is 0 Å². The van der Waals surface area contributed by atoms with Gasteiger partial charge in [0.1, 0.15) is 24.7 Å². The number of ether oxygens (including phenoxy) is 2. The molecule has 1 aromatic heterocycles. The average Bonchev–Trinajstić information content (AvgIpc) is 3.35. The van der Waals surface area contributed by atoms with Crippen LogP contribution >= 0.6 is 0 Å². The Labute approximate surface area is 374 Å². The Morgan fingerprint density at radius 1 is 0.406 bits per heavy atom. The molecule has 64 heavy (non-hydrogen) atoms. The molecule has 11 rings (SSSR count). The smallest absolute Gasteiger partial charge is 0.130 e. The van der Waals surface area contributed by atoms with Gasteiger partial charge in [0.2, 0.25) is 0 Å². The lowest BCUT2D eigenvalue weighted by atomic mass is 9.87. The van der Waals surface area contributed by atoms with E-state index in [1.807, 2.05) is 18.2 Å². The Balaban J connectivity index is 1.13. The molecule has 10 aromatic rings. The highest BCUT2D eigenvalue weighted by Gasteiger charge is 2.28. The van der Waals surface area contributed by atoms with E-state index in [1.54, 1.807) is 0 Å². The van der Waals surface area contributed by atoms with Gasteiger partial charge in [-0.1, -0.05) is 164 Å². The van der Waals surface area contributed by atoms with Gasteiger partial charge in [-0.3, -0.25) is 15.6 Å². The van der Waals surface area contributed by atoms with Gasteiger partial charge in [0.15, 0.2) is 0 Å². The molecule has 1 aliphatic heterocycles. The molecule has 2 N–H and O–H groups in total. The minimum Gasteiger partial charge on any atom is -0.487 e. The molecule has 4 bridgehead atoms. The lowest BCUT2D eigenvalue weighted by molar-refractivity contribution is 0.285. The molecule has 0 fully saturated rings. The number of nitrogens with one attached hydrogen (secondary N) is 2. The molecule has 0 aliphatic carbocycles. The summed E-state index contributed by atoms with van der Waals surface area (Å²) in [6.45, 7) is 5.16. The molecule has 2 heterocycles. The Hall–Kier alpha value is -7.31. The zero-order valence-electron chi connectivity index (χ0n) is 36.0. The number of aromatic nitrogens is 1. The summed E-state index contributed by atoms with van der Waals surface area (Å²) in [5, 5.41) is 17.8. The standard InChI is InChI=1S/C59H49N3O2/c1-38(44-27-25-40-13-3-5-17-46(40)33-44)60-58-48-19-11-20-49(35-48)59(61-39(2)45-28-26-41-14-4-6-18-47(41)34-45)57-53-24-10-8-16-43(53)30-32-55(57)64-37-51-22-12-21-50(62-51)36-63-54-31-29-42-15-7-9-23-52(42)56(54)58/h3-35,38-39,58-61H,36-37H2,1-2H3/t38-,39-,58-,59?/m0/s1.